The van der Waals surface area contributed by atoms with Crippen molar-refractivity contribution in [3.05, 3.63) is 0 Å². The van der Waals surface area contributed by atoms with Crippen molar-refractivity contribution >= 4 is 0 Å². The molecule has 0 aromatic carbocycles. The number of aliphatic hydroxyl groups is 1. The Morgan fingerprint density at radius 1 is 1.29 bits per heavy atom. The Labute approximate surface area is 88.9 Å². The molecule has 0 aliphatic heterocycles. The zero-order valence-corrected chi connectivity index (χ0v) is 9.84. The number of hydrogen-bond donors (Lipinski definition) is 1. The molecule has 0 aromatic heterocycles. The standard InChI is InChI=1S/C13H26O/c1-3-6-11(2)9-13(14)10-12-7-4-5-8-12/h11-14H,3-10H2,1-2H3. The van der Waals surface area contributed by atoms with Crippen molar-refractivity contribution in [2.45, 2.75) is 71.3 Å². The minimum atomic E-state index is -0.0281. The van der Waals surface area contributed by atoms with Gasteiger partial charge in [0, 0.05) is 0 Å². The SMILES string of the molecule is CCCC(C)CC(O)CC1CCCC1. The van der Waals surface area contributed by atoms with Gasteiger partial charge in [0.15, 0.2) is 0 Å². The van der Waals surface area contributed by atoms with Crippen molar-refractivity contribution in [2.24, 2.45) is 11.8 Å². The van der Waals surface area contributed by atoms with E-state index >= 15 is 0 Å². The lowest BCUT2D eigenvalue weighted by atomic mass is 9.92. The lowest BCUT2D eigenvalue weighted by Gasteiger charge is -2.18. The fourth-order valence-corrected chi connectivity index (χ4v) is 2.80. The first kappa shape index (κ1) is 12.0. The molecule has 2 unspecified atom stereocenters. The summed E-state index contributed by atoms with van der Waals surface area (Å²) in [6.45, 7) is 4.49. The Morgan fingerprint density at radius 2 is 1.93 bits per heavy atom. The van der Waals surface area contributed by atoms with Gasteiger partial charge < -0.3 is 5.11 Å². The topological polar surface area (TPSA) is 20.2 Å². The van der Waals surface area contributed by atoms with Crippen molar-refractivity contribution in [3.8, 4) is 0 Å². The molecule has 0 amide bonds. The van der Waals surface area contributed by atoms with Crippen LogP contribution in [0.15, 0.2) is 0 Å². The van der Waals surface area contributed by atoms with Gasteiger partial charge in [-0.25, -0.2) is 0 Å². The van der Waals surface area contributed by atoms with Crippen LogP contribution in [0, 0.1) is 11.8 Å². The van der Waals surface area contributed by atoms with E-state index in [4.69, 9.17) is 0 Å². The van der Waals surface area contributed by atoms with E-state index in [9.17, 15) is 5.11 Å². The monoisotopic (exact) mass is 198 g/mol. The van der Waals surface area contributed by atoms with Crippen LogP contribution in [0.25, 0.3) is 0 Å². The minimum Gasteiger partial charge on any atom is -0.393 e. The molecular weight excluding hydrogens is 172 g/mol. The quantitative estimate of drug-likeness (QED) is 0.689. The number of hydrogen-bond acceptors (Lipinski definition) is 1. The summed E-state index contributed by atoms with van der Waals surface area (Å²) in [7, 11) is 0. The highest BCUT2D eigenvalue weighted by molar-refractivity contribution is 4.72. The molecule has 0 spiro atoms. The fraction of sp³-hybridized carbons (Fsp3) is 1.00. The third kappa shape index (κ3) is 4.45. The van der Waals surface area contributed by atoms with Crippen LogP contribution in [0.2, 0.25) is 0 Å². The Kier molecular flexibility index (Phi) is 5.54. The average Bonchev–Trinajstić information content (AvgIpc) is 2.56. The molecule has 0 bridgehead atoms. The van der Waals surface area contributed by atoms with E-state index in [2.05, 4.69) is 13.8 Å². The predicted octanol–water partition coefficient (Wildman–Crippen LogP) is 3.75. The van der Waals surface area contributed by atoms with Crippen LogP contribution in [0.3, 0.4) is 0 Å². The van der Waals surface area contributed by atoms with Crippen LogP contribution < -0.4 is 0 Å². The van der Waals surface area contributed by atoms with Crippen molar-refractivity contribution in [1.82, 2.24) is 0 Å². The van der Waals surface area contributed by atoms with E-state index in [0.717, 1.165) is 18.8 Å². The van der Waals surface area contributed by atoms with Crippen LogP contribution in [-0.2, 0) is 0 Å². The molecule has 14 heavy (non-hydrogen) atoms. The van der Waals surface area contributed by atoms with E-state index in [1.165, 1.54) is 38.5 Å². The molecule has 1 nitrogen and oxygen atoms in total. The van der Waals surface area contributed by atoms with Crippen LogP contribution in [0.1, 0.15) is 65.2 Å². The van der Waals surface area contributed by atoms with Crippen LogP contribution >= 0.6 is 0 Å². The van der Waals surface area contributed by atoms with Gasteiger partial charge in [0.05, 0.1) is 6.10 Å². The van der Waals surface area contributed by atoms with Gasteiger partial charge in [0.2, 0.25) is 0 Å². The lowest BCUT2D eigenvalue weighted by molar-refractivity contribution is 0.115. The molecule has 1 fully saturated rings. The Bertz CT molecular complexity index is 138. The van der Waals surface area contributed by atoms with Gasteiger partial charge in [-0.1, -0.05) is 52.4 Å². The highest BCUT2D eigenvalue weighted by Gasteiger charge is 2.19. The number of rotatable bonds is 6. The zero-order chi connectivity index (χ0) is 10.4. The van der Waals surface area contributed by atoms with Crippen molar-refractivity contribution in [1.29, 1.82) is 0 Å². The second-order valence-corrected chi connectivity index (χ2v) is 5.17. The minimum absolute atomic E-state index is 0.0281. The van der Waals surface area contributed by atoms with Gasteiger partial charge in [-0.05, 0) is 24.7 Å². The van der Waals surface area contributed by atoms with Crippen molar-refractivity contribution in [3.63, 3.8) is 0 Å². The molecule has 1 N–H and O–H groups in total. The highest BCUT2D eigenvalue weighted by Crippen LogP contribution is 2.30. The summed E-state index contributed by atoms with van der Waals surface area (Å²) in [5.74, 6) is 1.54. The normalized spacial score (nSPS) is 22.5. The van der Waals surface area contributed by atoms with Gasteiger partial charge in [-0.3, -0.25) is 0 Å². The molecule has 0 aromatic rings. The summed E-state index contributed by atoms with van der Waals surface area (Å²) in [5, 5.41) is 9.91. The summed E-state index contributed by atoms with van der Waals surface area (Å²) in [4.78, 5) is 0. The molecule has 0 radical (unpaired) electrons. The number of aliphatic hydroxyl groups excluding tert-OH is 1. The second kappa shape index (κ2) is 6.44. The van der Waals surface area contributed by atoms with Crippen LogP contribution in [0.4, 0.5) is 0 Å². The smallest absolute Gasteiger partial charge is 0.0545 e. The average molecular weight is 198 g/mol. The third-order valence-electron chi connectivity index (χ3n) is 3.54. The largest absolute Gasteiger partial charge is 0.393 e. The summed E-state index contributed by atoms with van der Waals surface area (Å²) in [6, 6.07) is 0. The van der Waals surface area contributed by atoms with Gasteiger partial charge in [-0.15, -0.1) is 0 Å². The first-order chi connectivity index (χ1) is 6.72. The van der Waals surface area contributed by atoms with E-state index < -0.39 is 0 Å². The molecule has 1 saturated carbocycles. The molecule has 1 aliphatic rings. The summed E-state index contributed by atoms with van der Waals surface area (Å²) >= 11 is 0. The molecule has 1 aliphatic carbocycles. The molecule has 1 heteroatoms. The predicted molar refractivity (Wildman–Crippen MR) is 61.3 cm³/mol. The van der Waals surface area contributed by atoms with Crippen molar-refractivity contribution < 1.29 is 5.11 Å². The lowest BCUT2D eigenvalue weighted by Crippen LogP contribution is -2.15. The van der Waals surface area contributed by atoms with E-state index in [1.807, 2.05) is 0 Å². The highest BCUT2D eigenvalue weighted by atomic mass is 16.3. The van der Waals surface area contributed by atoms with E-state index in [0.29, 0.717) is 5.92 Å². The molecule has 84 valence electrons. The molecule has 2 atom stereocenters. The maximum Gasteiger partial charge on any atom is 0.0545 e. The second-order valence-electron chi connectivity index (χ2n) is 5.17. The fourth-order valence-electron chi connectivity index (χ4n) is 2.80. The Hall–Kier alpha value is -0.0400. The summed E-state index contributed by atoms with van der Waals surface area (Å²) in [5.41, 5.74) is 0. The summed E-state index contributed by atoms with van der Waals surface area (Å²) in [6.07, 6.45) is 10.1. The molecule has 0 saturated heterocycles. The first-order valence-electron chi connectivity index (χ1n) is 6.40. The van der Waals surface area contributed by atoms with Gasteiger partial charge in [0.25, 0.3) is 0 Å². The molecule has 1 rings (SSSR count). The maximum atomic E-state index is 9.91. The first-order valence-corrected chi connectivity index (χ1v) is 6.40. The Balaban J connectivity index is 2.10. The van der Waals surface area contributed by atoms with E-state index in [-0.39, 0.29) is 6.10 Å². The Morgan fingerprint density at radius 3 is 2.50 bits per heavy atom. The van der Waals surface area contributed by atoms with Gasteiger partial charge in [0.1, 0.15) is 0 Å². The molecular formula is C13H26O. The molecule has 0 heterocycles. The van der Waals surface area contributed by atoms with Crippen LogP contribution in [-0.4, -0.2) is 11.2 Å². The zero-order valence-electron chi connectivity index (χ0n) is 9.84. The third-order valence-corrected chi connectivity index (χ3v) is 3.54. The summed E-state index contributed by atoms with van der Waals surface area (Å²) < 4.78 is 0. The van der Waals surface area contributed by atoms with Gasteiger partial charge in [-0.2, -0.15) is 0 Å². The van der Waals surface area contributed by atoms with Crippen LogP contribution in [0.5, 0.6) is 0 Å². The van der Waals surface area contributed by atoms with Gasteiger partial charge >= 0.3 is 0 Å². The maximum absolute atomic E-state index is 9.91. The van der Waals surface area contributed by atoms with Crippen molar-refractivity contribution in [2.75, 3.05) is 0 Å². The van der Waals surface area contributed by atoms with E-state index in [1.54, 1.807) is 0 Å².